The Kier molecular flexibility index (Phi) is 3.60. The lowest BCUT2D eigenvalue weighted by molar-refractivity contribution is -0.150. The largest absolute Gasteiger partial charge is 0.496 e. The summed E-state index contributed by atoms with van der Waals surface area (Å²) in [7, 11) is 1.48. The van der Waals surface area contributed by atoms with Gasteiger partial charge in [0.2, 0.25) is 0 Å². The van der Waals surface area contributed by atoms with Gasteiger partial charge in [-0.3, -0.25) is 9.59 Å². The lowest BCUT2D eigenvalue weighted by atomic mass is 9.97. The van der Waals surface area contributed by atoms with Crippen LogP contribution in [0.25, 0.3) is 0 Å². The minimum Gasteiger partial charge on any atom is -0.496 e. The Bertz CT molecular complexity index is 809. The average molecular weight is 346 g/mol. The van der Waals surface area contributed by atoms with Gasteiger partial charge in [0.1, 0.15) is 23.0 Å². The van der Waals surface area contributed by atoms with E-state index in [1.54, 1.807) is 12.1 Å². The number of carbonyl (C=O) groups excluding carboxylic acids is 3. The van der Waals surface area contributed by atoms with Gasteiger partial charge < -0.3 is 23.7 Å². The molecule has 8 nitrogen and oxygen atoms in total. The van der Waals surface area contributed by atoms with E-state index in [0.717, 1.165) is 6.08 Å². The number of hydrogen-bond donors (Lipinski definition) is 0. The molecule has 2 fully saturated rings. The molecule has 0 spiro atoms. The van der Waals surface area contributed by atoms with Crippen molar-refractivity contribution in [3.8, 4) is 17.2 Å². The third-order valence-corrected chi connectivity index (χ3v) is 4.20. The van der Waals surface area contributed by atoms with E-state index in [9.17, 15) is 14.4 Å². The Morgan fingerprint density at radius 3 is 2.76 bits per heavy atom. The highest BCUT2D eigenvalue weighted by Gasteiger charge is 2.46. The molecule has 0 amide bonds. The molecule has 1 aromatic carbocycles. The highest BCUT2D eigenvalue weighted by atomic mass is 16.7. The molecule has 0 N–H and O–H groups in total. The molecule has 130 valence electrons. The standard InChI is InChI=1S/C17H14O8/c1-21-9-4-11(23-14(19)6-8-2-3-13(18)22-8)16-10-7-15(20)25-17(10)24-12(16)5-9/h4-6,10,17H,2-3,7H2,1H3/b8-6-. The van der Waals surface area contributed by atoms with E-state index in [4.69, 9.17) is 23.7 Å². The first-order chi connectivity index (χ1) is 12.0. The van der Waals surface area contributed by atoms with Gasteiger partial charge >= 0.3 is 17.9 Å². The zero-order valence-electron chi connectivity index (χ0n) is 13.3. The molecule has 0 aromatic heterocycles. The van der Waals surface area contributed by atoms with Gasteiger partial charge in [-0.05, 0) is 0 Å². The minimum absolute atomic E-state index is 0.146. The number of methoxy groups -OCH3 is 1. The molecule has 1 aromatic rings. The molecule has 0 bridgehead atoms. The molecule has 3 heterocycles. The van der Waals surface area contributed by atoms with Gasteiger partial charge in [0, 0.05) is 24.1 Å². The fourth-order valence-electron chi connectivity index (χ4n) is 3.09. The van der Waals surface area contributed by atoms with E-state index in [2.05, 4.69) is 0 Å². The molecule has 4 rings (SSSR count). The zero-order valence-corrected chi connectivity index (χ0v) is 13.3. The van der Waals surface area contributed by atoms with Crippen LogP contribution in [0, 0.1) is 0 Å². The van der Waals surface area contributed by atoms with Crippen molar-refractivity contribution in [2.24, 2.45) is 0 Å². The van der Waals surface area contributed by atoms with Crippen LogP contribution in [-0.4, -0.2) is 31.3 Å². The first-order valence-corrected chi connectivity index (χ1v) is 7.74. The van der Waals surface area contributed by atoms with Gasteiger partial charge in [-0.2, -0.15) is 0 Å². The Labute approximate surface area is 142 Å². The third kappa shape index (κ3) is 2.79. The number of rotatable bonds is 3. The summed E-state index contributed by atoms with van der Waals surface area (Å²) >= 11 is 0. The predicted octanol–water partition coefficient (Wildman–Crippen LogP) is 1.57. The van der Waals surface area contributed by atoms with Gasteiger partial charge in [-0.15, -0.1) is 0 Å². The molecule has 8 heteroatoms. The molecule has 0 saturated carbocycles. The number of benzene rings is 1. The topological polar surface area (TPSA) is 97.4 Å². The molecule has 2 atom stereocenters. The van der Waals surface area contributed by atoms with Crippen molar-refractivity contribution in [3.63, 3.8) is 0 Å². The van der Waals surface area contributed by atoms with Gasteiger partial charge in [-0.1, -0.05) is 0 Å². The number of ether oxygens (including phenoxy) is 5. The summed E-state index contributed by atoms with van der Waals surface area (Å²) in [5.41, 5.74) is 0.590. The quantitative estimate of drug-likeness (QED) is 0.462. The number of hydrogen-bond acceptors (Lipinski definition) is 8. The predicted molar refractivity (Wildman–Crippen MR) is 79.9 cm³/mol. The summed E-state index contributed by atoms with van der Waals surface area (Å²) in [6.07, 6.45) is 1.17. The van der Waals surface area contributed by atoms with Crippen LogP contribution in [0.5, 0.6) is 17.2 Å². The second-order valence-corrected chi connectivity index (χ2v) is 5.83. The van der Waals surface area contributed by atoms with E-state index >= 15 is 0 Å². The van der Waals surface area contributed by atoms with Crippen LogP contribution in [0.1, 0.15) is 30.7 Å². The summed E-state index contributed by atoms with van der Waals surface area (Å²) in [5.74, 6) is -0.387. The second-order valence-electron chi connectivity index (χ2n) is 5.83. The van der Waals surface area contributed by atoms with Gasteiger partial charge in [-0.25, -0.2) is 4.79 Å². The van der Waals surface area contributed by atoms with Crippen molar-refractivity contribution in [3.05, 3.63) is 29.5 Å². The second kappa shape index (κ2) is 5.80. The fraction of sp³-hybridized carbons (Fsp3) is 0.353. The highest BCUT2D eigenvalue weighted by Crippen LogP contribution is 2.50. The molecule has 3 aliphatic rings. The molecule has 0 radical (unpaired) electrons. The lowest BCUT2D eigenvalue weighted by Crippen LogP contribution is -2.15. The van der Waals surface area contributed by atoms with Crippen LogP contribution < -0.4 is 14.2 Å². The normalized spacial score (nSPS) is 25.1. The van der Waals surface area contributed by atoms with Crippen LogP contribution in [0.3, 0.4) is 0 Å². The van der Waals surface area contributed by atoms with Crippen LogP contribution in [-0.2, 0) is 23.9 Å². The summed E-state index contributed by atoms with van der Waals surface area (Å²) in [6.45, 7) is 0. The van der Waals surface area contributed by atoms with Crippen molar-refractivity contribution in [2.75, 3.05) is 7.11 Å². The van der Waals surface area contributed by atoms with Crippen molar-refractivity contribution < 1.29 is 38.1 Å². The fourth-order valence-corrected chi connectivity index (χ4v) is 3.09. The molecule has 2 unspecified atom stereocenters. The van der Waals surface area contributed by atoms with Gasteiger partial charge in [0.05, 0.1) is 31.9 Å². The third-order valence-electron chi connectivity index (χ3n) is 4.20. The monoisotopic (exact) mass is 346 g/mol. The molecule has 3 aliphatic heterocycles. The van der Waals surface area contributed by atoms with E-state index in [-0.39, 0.29) is 42.2 Å². The Morgan fingerprint density at radius 2 is 2.04 bits per heavy atom. The smallest absolute Gasteiger partial charge is 0.339 e. The van der Waals surface area contributed by atoms with Crippen LogP contribution in [0.4, 0.5) is 0 Å². The van der Waals surface area contributed by atoms with Gasteiger partial charge in [0.15, 0.2) is 0 Å². The SMILES string of the molecule is COc1cc(OC(=O)/C=C2/CCC(=O)O2)c2c(c1)OC1OC(=O)CC21. The van der Waals surface area contributed by atoms with Crippen molar-refractivity contribution in [2.45, 2.75) is 31.5 Å². The van der Waals surface area contributed by atoms with Crippen molar-refractivity contribution in [1.29, 1.82) is 0 Å². The van der Waals surface area contributed by atoms with E-state index in [1.165, 1.54) is 7.11 Å². The summed E-state index contributed by atoms with van der Waals surface area (Å²) in [4.78, 5) is 34.7. The van der Waals surface area contributed by atoms with E-state index in [0.29, 0.717) is 23.5 Å². The molecule has 25 heavy (non-hydrogen) atoms. The number of allylic oxidation sites excluding steroid dienone is 1. The zero-order chi connectivity index (χ0) is 17.6. The van der Waals surface area contributed by atoms with E-state index in [1.807, 2.05) is 0 Å². The summed E-state index contributed by atoms with van der Waals surface area (Å²) in [5, 5.41) is 0. The highest BCUT2D eigenvalue weighted by molar-refractivity contribution is 5.87. The van der Waals surface area contributed by atoms with Crippen LogP contribution in [0.2, 0.25) is 0 Å². The van der Waals surface area contributed by atoms with Crippen molar-refractivity contribution in [1.82, 2.24) is 0 Å². The maximum Gasteiger partial charge on any atom is 0.339 e. The first-order valence-electron chi connectivity index (χ1n) is 7.74. The summed E-state index contributed by atoms with van der Waals surface area (Å²) < 4.78 is 26.2. The van der Waals surface area contributed by atoms with Gasteiger partial charge in [0.25, 0.3) is 6.29 Å². The maximum absolute atomic E-state index is 12.2. The maximum atomic E-state index is 12.2. The lowest BCUT2D eigenvalue weighted by Gasteiger charge is -2.11. The Morgan fingerprint density at radius 1 is 1.20 bits per heavy atom. The molecule has 2 saturated heterocycles. The number of carbonyl (C=O) groups is 3. The summed E-state index contributed by atoms with van der Waals surface area (Å²) in [6, 6.07) is 3.19. The van der Waals surface area contributed by atoms with Crippen LogP contribution in [0.15, 0.2) is 24.0 Å². The molecule has 0 aliphatic carbocycles. The first kappa shape index (κ1) is 15.5. The number of cyclic esters (lactones) is 1. The molecular formula is C17H14O8. The Hall–Kier alpha value is -3.03. The molecular weight excluding hydrogens is 332 g/mol. The minimum atomic E-state index is -0.721. The van der Waals surface area contributed by atoms with E-state index < -0.39 is 12.3 Å². The number of esters is 3. The Balaban J connectivity index is 1.63. The van der Waals surface area contributed by atoms with Crippen molar-refractivity contribution >= 4 is 17.9 Å². The number of fused-ring (bicyclic) bond motifs is 3. The average Bonchev–Trinajstić information content (AvgIpc) is 3.20. The van der Waals surface area contributed by atoms with Crippen LogP contribution >= 0.6 is 0 Å².